The third-order valence-electron chi connectivity index (χ3n) is 3.31. The Morgan fingerprint density at radius 3 is 2.56 bits per heavy atom. The van der Waals surface area contributed by atoms with Crippen LogP contribution in [0.15, 0.2) is 18.2 Å². The van der Waals surface area contributed by atoms with Gasteiger partial charge in [-0.25, -0.2) is 0 Å². The molecule has 0 fully saturated rings. The molecule has 3 nitrogen and oxygen atoms in total. The SMILES string of the molecule is CSCCC(C)N(C)c1ccc(C(C)N)c(O)c1. The molecule has 3 N–H and O–H groups in total. The molecule has 1 rings (SSSR count). The van der Waals surface area contributed by atoms with E-state index in [1.165, 1.54) is 0 Å². The number of rotatable bonds is 6. The minimum Gasteiger partial charge on any atom is -0.508 e. The van der Waals surface area contributed by atoms with Crippen molar-refractivity contribution in [3.05, 3.63) is 23.8 Å². The number of nitrogens with zero attached hydrogens (tertiary/aromatic N) is 1. The van der Waals surface area contributed by atoms with Crippen molar-refractivity contribution in [2.24, 2.45) is 5.73 Å². The maximum atomic E-state index is 9.96. The van der Waals surface area contributed by atoms with Gasteiger partial charge < -0.3 is 15.7 Å². The van der Waals surface area contributed by atoms with Crippen LogP contribution in [0.1, 0.15) is 31.9 Å². The average Bonchev–Trinajstić information content (AvgIpc) is 2.34. The first-order chi connectivity index (χ1) is 8.47. The summed E-state index contributed by atoms with van der Waals surface area (Å²) in [5.74, 6) is 1.43. The number of hydrogen-bond acceptors (Lipinski definition) is 4. The van der Waals surface area contributed by atoms with Gasteiger partial charge in [0.1, 0.15) is 5.75 Å². The molecule has 1 aromatic rings. The van der Waals surface area contributed by atoms with Gasteiger partial charge in [0, 0.05) is 36.4 Å². The van der Waals surface area contributed by atoms with Gasteiger partial charge >= 0.3 is 0 Å². The van der Waals surface area contributed by atoms with Gasteiger partial charge in [-0.3, -0.25) is 0 Å². The van der Waals surface area contributed by atoms with E-state index in [1.807, 2.05) is 30.8 Å². The molecule has 0 heterocycles. The normalized spacial score (nSPS) is 14.3. The Balaban J connectivity index is 2.80. The Hall–Kier alpha value is -0.870. The summed E-state index contributed by atoms with van der Waals surface area (Å²) >= 11 is 1.86. The Morgan fingerprint density at radius 1 is 1.39 bits per heavy atom. The molecule has 2 atom stereocenters. The standard InChI is InChI=1S/C14H24N2OS/c1-10(7-8-18-4)16(3)12-5-6-13(11(2)15)14(17)9-12/h5-6,9-11,17H,7-8,15H2,1-4H3. The number of hydrogen-bond donors (Lipinski definition) is 2. The Morgan fingerprint density at radius 2 is 2.06 bits per heavy atom. The molecule has 0 bridgehead atoms. The fourth-order valence-corrected chi connectivity index (χ4v) is 2.45. The third kappa shape index (κ3) is 3.82. The topological polar surface area (TPSA) is 49.5 Å². The second-order valence-electron chi connectivity index (χ2n) is 4.77. The number of benzene rings is 1. The van der Waals surface area contributed by atoms with Crippen LogP contribution in [-0.4, -0.2) is 30.2 Å². The van der Waals surface area contributed by atoms with Crippen LogP contribution in [0.4, 0.5) is 5.69 Å². The molecule has 0 radical (unpaired) electrons. The summed E-state index contributed by atoms with van der Waals surface area (Å²) in [4.78, 5) is 2.20. The lowest BCUT2D eigenvalue weighted by atomic mass is 10.1. The monoisotopic (exact) mass is 268 g/mol. The first-order valence-electron chi connectivity index (χ1n) is 6.27. The van der Waals surface area contributed by atoms with Crippen LogP contribution in [0.25, 0.3) is 0 Å². The van der Waals surface area contributed by atoms with Gasteiger partial charge in [-0.15, -0.1) is 0 Å². The molecule has 0 saturated heterocycles. The molecule has 0 aromatic heterocycles. The fourth-order valence-electron chi connectivity index (χ4n) is 1.87. The zero-order valence-electron chi connectivity index (χ0n) is 11.7. The molecular weight excluding hydrogens is 244 g/mol. The number of phenolic OH excluding ortho intramolecular Hbond substituents is 1. The second-order valence-corrected chi connectivity index (χ2v) is 5.76. The predicted molar refractivity (Wildman–Crippen MR) is 81.6 cm³/mol. The van der Waals surface area contributed by atoms with Gasteiger partial charge in [0.2, 0.25) is 0 Å². The van der Waals surface area contributed by atoms with E-state index in [4.69, 9.17) is 5.73 Å². The molecule has 2 unspecified atom stereocenters. The van der Waals surface area contributed by atoms with E-state index in [0.29, 0.717) is 6.04 Å². The van der Waals surface area contributed by atoms with E-state index in [9.17, 15) is 5.11 Å². The van der Waals surface area contributed by atoms with Gasteiger partial charge in [0.25, 0.3) is 0 Å². The van der Waals surface area contributed by atoms with Crippen LogP contribution in [-0.2, 0) is 0 Å². The lowest BCUT2D eigenvalue weighted by Gasteiger charge is -2.27. The highest BCUT2D eigenvalue weighted by atomic mass is 32.2. The van der Waals surface area contributed by atoms with Crippen LogP contribution in [0.5, 0.6) is 5.75 Å². The summed E-state index contributed by atoms with van der Waals surface area (Å²) in [5.41, 5.74) is 7.62. The van der Waals surface area contributed by atoms with E-state index >= 15 is 0 Å². The van der Waals surface area contributed by atoms with Gasteiger partial charge in [-0.2, -0.15) is 11.8 Å². The zero-order chi connectivity index (χ0) is 13.7. The highest BCUT2D eigenvalue weighted by Crippen LogP contribution is 2.28. The van der Waals surface area contributed by atoms with Crippen molar-refractivity contribution in [1.29, 1.82) is 0 Å². The largest absolute Gasteiger partial charge is 0.508 e. The molecule has 0 saturated carbocycles. The Bertz CT molecular complexity index is 382. The van der Waals surface area contributed by atoms with Crippen LogP contribution in [0.2, 0.25) is 0 Å². The van der Waals surface area contributed by atoms with Crippen LogP contribution in [0.3, 0.4) is 0 Å². The summed E-state index contributed by atoms with van der Waals surface area (Å²) in [5, 5.41) is 9.96. The molecule has 102 valence electrons. The first kappa shape index (κ1) is 15.2. The van der Waals surface area contributed by atoms with Crippen molar-refractivity contribution < 1.29 is 5.11 Å². The van der Waals surface area contributed by atoms with Crippen molar-refractivity contribution in [2.45, 2.75) is 32.4 Å². The minimum absolute atomic E-state index is 0.140. The maximum Gasteiger partial charge on any atom is 0.122 e. The molecule has 0 aliphatic carbocycles. The number of phenols is 1. The molecule has 1 aromatic carbocycles. The van der Waals surface area contributed by atoms with Crippen LogP contribution < -0.4 is 10.6 Å². The highest BCUT2D eigenvalue weighted by molar-refractivity contribution is 7.98. The van der Waals surface area contributed by atoms with E-state index in [1.54, 1.807) is 6.07 Å². The van der Waals surface area contributed by atoms with Crippen LogP contribution >= 0.6 is 11.8 Å². The second kappa shape index (κ2) is 6.90. The maximum absolute atomic E-state index is 9.96. The molecule has 0 spiro atoms. The third-order valence-corrected chi connectivity index (χ3v) is 3.96. The van der Waals surface area contributed by atoms with Gasteiger partial charge in [0.05, 0.1) is 0 Å². The van der Waals surface area contributed by atoms with Crippen molar-refractivity contribution in [3.8, 4) is 5.75 Å². The molecule has 4 heteroatoms. The number of thioether (sulfide) groups is 1. The van der Waals surface area contributed by atoms with Crippen molar-refractivity contribution >= 4 is 17.4 Å². The quantitative estimate of drug-likeness (QED) is 0.833. The Labute approximate surface area is 114 Å². The van der Waals surface area contributed by atoms with Gasteiger partial charge in [-0.05, 0) is 38.3 Å². The summed E-state index contributed by atoms with van der Waals surface area (Å²) in [6.45, 7) is 4.08. The molecular formula is C14H24N2OS. The predicted octanol–water partition coefficient (Wildman–Crippen LogP) is 2.99. The summed E-state index contributed by atoms with van der Waals surface area (Å²) in [6.07, 6.45) is 3.25. The Kier molecular flexibility index (Phi) is 5.82. The molecule has 0 aliphatic heterocycles. The zero-order valence-corrected chi connectivity index (χ0v) is 12.5. The number of aromatic hydroxyl groups is 1. The van der Waals surface area contributed by atoms with E-state index < -0.39 is 0 Å². The lowest BCUT2D eigenvalue weighted by molar-refractivity contribution is 0.463. The molecule has 0 aliphatic rings. The lowest BCUT2D eigenvalue weighted by Crippen LogP contribution is -2.29. The molecule has 0 amide bonds. The number of anilines is 1. The van der Waals surface area contributed by atoms with E-state index in [2.05, 4.69) is 25.1 Å². The smallest absolute Gasteiger partial charge is 0.122 e. The first-order valence-corrected chi connectivity index (χ1v) is 7.67. The van der Waals surface area contributed by atoms with E-state index in [0.717, 1.165) is 23.4 Å². The number of nitrogens with two attached hydrogens (primary N) is 1. The van der Waals surface area contributed by atoms with E-state index in [-0.39, 0.29) is 11.8 Å². The van der Waals surface area contributed by atoms with Crippen molar-refractivity contribution in [2.75, 3.05) is 24.0 Å². The fraction of sp³-hybridized carbons (Fsp3) is 0.571. The highest BCUT2D eigenvalue weighted by Gasteiger charge is 2.12. The van der Waals surface area contributed by atoms with Gasteiger partial charge in [-0.1, -0.05) is 6.07 Å². The van der Waals surface area contributed by atoms with Crippen LogP contribution in [0, 0.1) is 0 Å². The summed E-state index contributed by atoms with van der Waals surface area (Å²) in [7, 11) is 2.06. The van der Waals surface area contributed by atoms with Crippen molar-refractivity contribution in [1.82, 2.24) is 0 Å². The molecule has 18 heavy (non-hydrogen) atoms. The summed E-state index contributed by atoms with van der Waals surface area (Å²) < 4.78 is 0. The minimum atomic E-state index is -0.140. The van der Waals surface area contributed by atoms with Crippen molar-refractivity contribution in [3.63, 3.8) is 0 Å². The average molecular weight is 268 g/mol. The van der Waals surface area contributed by atoms with Gasteiger partial charge in [0.15, 0.2) is 0 Å². The summed E-state index contributed by atoms with van der Waals surface area (Å²) in [6, 6.07) is 6.05.